The van der Waals surface area contributed by atoms with E-state index < -0.39 is 0 Å². The normalized spacial score (nSPS) is 9.75. The summed E-state index contributed by atoms with van der Waals surface area (Å²) in [4.78, 5) is 4.21. The van der Waals surface area contributed by atoms with E-state index >= 15 is 0 Å². The molecule has 0 spiro atoms. The molecule has 64 valence electrons. The molecule has 2 nitrogen and oxygen atoms in total. The van der Waals surface area contributed by atoms with Crippen molar-refractivity contribution in [3.8, 4) is 0 Å². The fourth-order valence-electron chi connectivity index (χ4n) is 0.813. The Morgan fingerprint density at radius 2 is 2.42 bits per heavy atom. The van der Waals surface area contributed by atoms with E-state index in [4.69, 9.17) is 0 Å². The Hall–Kier alpha value is -0.670. The van der Waals surface area contributed by atoms with E-state index in [1.165, 1.54) is 0 Å². The average Bonchev–Trinajstić information content (AvgIpc) is 2.09. The molecule has 0 radical (unpaired) electrons. The Kier molecular flexibility index (Phi) is 3.97. The topological polar surface area (TPSA) is 24.9 Å². The second kappa shape index (κ2) is 5.06. The molecule has 1 rings (SSSR count). The van der Waals surface area contributed by atoms with Gasteiger partial charge in [0, 0.05) is 23.8 Å². The van der Waals surface area contributed by atoms with Gasteiger partial charge in [0.1, 0.15) is 0 Å². The first-order chi connectivity index (χ1) is 5.83. The summed E-state index contributed by atoms with van der Waals surface area (Å²) in [5.41, 5.74) is 1.04. The number of halogens is 1. The van der Waals surface area contributed by atoms with Gasteiger partial charge in [0.15, 0.2) is 0 Å². The van der Waals surface area contributed by atoms with Crippen LogP contribution in [0.15, 0.2) is 35.5 Å². The molecule has 0 bridgehead atoms. The van der Waals surface area contributed by atoms with Crippen LogP contribution in [0, 0.1) is 0 Å². The van der Waals surface area contributed by atoms with Crippen molar-refractivity contribution in [3.63, 3.8) is 0 Å². The first-order valence-corrected chi connectivity index (χ1v) is 4.54. The zero-order valence-corrected chi connectivity index (χ0v) is 8.34. The standard InChI is InChI=1S/C9H11BrN2/c1-2-5-11-7-9-4-3-8(10)6-12-9/h2-4,6,11H,1,5,7H2. The zero-order valence-electron chi connectivity index (χ0n) is 6.76. The van der Waals surface area contributed by atoms with Gasteiger partial charge < -0.3 is 5.32 Å². The van der Waals surface area contributed by atoms with Crippen LogP contribution in [0.5, 0.6) is 0 Å². The molecule has 1 heterocycles. The molecule has 0 aliphatic rings. The van der Waals surface area contributed by atoms with E-state index in [1.54, 1.807) is 6.20 Å². The Balaban J connectivity index is 2.42. The first kappa shape index (κ1) is 9.42. The number of nitrogens with zero attached hydrogens (tertiary/aromatic N) is 1. The van der Waals surface area contributed by atoms with Crippen LogP contribution in [-0.4, -0.2) is 11.5 Å². The third-order valence-corrected chi connectivity index (χ3v) is 1.85. The van der Waals surface area contributed by atoms with E-state index in [0.717, 1.165) is 23.3 Å². The maximum absolute atomic E-state index is 4.21. The van der Waals surface area contributed by atoms with Gasteiger partial charge in [0.05, 0.1) is 5.69 Å². The number of aromatic nitrogens is 1. The van der Waals surface area contributed by atoms with Crippen LogP contribution in [0.4, 0.5) is 0 Å². The quantitative estimate of drug-likeness (QED) is 0.629. The van der Waals surface area contributed by atoms with Crippen molar-refractivity contribution < 1.29 is 0 Å². The summed E-state index contributed by atoms with van der Waals surface area (Å²) < 4.78 is 1.01. The number of hydrogen-bond donors (Lipinski definition) is 1. The van der Waals surface area contributed by atoms with E-state index in [9.17, 15) is 0 Å². The molecule has 3 heteroatoms. The van der Waals surface area contributed by atoms with Crippen LogP contribution in [0.25, 0.3) is 0 Å². The van der Waals surface area contributed by atoms with Gasteiger partial charge in [0.25, 0.3) is 0 Å². The summed E-state index contributed by atoms with van der Waals surface area (Å²) in [6, 6.07) is 3.97. The lowest BCUT2D eigenvalue weighted by molar-refractivity contribution is 0.740. The molecule has 1 N–H and O–H groups in total. The van der Waals surface area contributed by atoms with Crippen molar-refractivity contribution in [2.45, 2.75) is 6.54 Å². The minimum absolute atomic E-state index is 0.791. The Labute approximate surface area is 80.8 Å². The van der Waals surface area contributed by atoms with Gasteiger partial charge in [-0.1, -0.05) is 6.08 Å². The van der Waals surface area contributed by atoms with E-state index in [2.05, 4.69) is 32.8 Å². The van der Waals surface area contributed by atoms with E-state index in [0.29, 0.717) is 0 Å². The van der Waals surface area contributed by atoms with Crippen LogP contribution < -0.4 is 5.32 Å². The lowest BCUT2D eigenvalue weighted by Crippen LogP contribution is -2.13. The highest BCUT2D eigenvalue weighted by Gasteiger charge is 1.91. The Morgan fingerprint density at radius 3 is 3.00 bits per heavy atom. The molecule has 0 saturated heterocycles. The first-order valence-electron chi connectivity index (χ1n) is 3.75. The van der Waals surface area contributed by atoms with Crippen molar-refractivity contribution in [2.24, 2.45) is 0 Å². The van der Waals surface area contributed by atoms with Crippen molar-refractivity contribution in [1.82, 2.24) is 10.3 Å². The predicted molar refractivity (Wildman–Crippen MR) is 53.8 cm³/mol. The summed E-state index contributed by atoms with van der Waals surface area (Å²) in [7, 11) is 0. The molecule has 0 amide bonds. The summed E-state index contributed by atoms with van der Waals surface area (Å²) in [5, 5.41) is 3.17. The van der Waals surface area contributed by atoms with E-state index in [-0.39, 0.29) is 0 Å². The highest BCUT2D eigenvalue weighted by atomic mass is 79.9. The average molecular weight is 227 g/mol. The van der Waals surface area contributed by atoms with Crippen molar-refractivity contribution in [2.75, 3.05) is 6.54 Å². The Morgan fingerprint density at radius 1 is 1.58 bits per heavy atom. The molecule has 12 heavy (non-hydrogen) atoms. The van der Waals surface area contributed by atoms with Gasteiger partial charge in [-0.25, -0.2) is 0 Å². The van der Waals surface area contributed by atoms with Gasteiger partial charge in [-0.2, -0.15) is 0 Å². The third-order valence-electron chi connectivity index (χ3n) is 1.38. The molecule has 0 aromatic carbocycles. The molecule has 1 aromatic rings. The van der Waals surface area contributed by atoms with Crippen LogP contribution >= 0.6 is 15.9 Å². The smallest absolute Gasteiger partial charge is 0.0542 e. The fourth-order valence-corrected chi connectivity index (χ4v) is 1.05. The molecule has 0 aliphatic heterocycles. The zero-order chi connectivity index (χ0) is 8.81. The van der Waals surface area contributed by atoms with Gasteiger partial charge in [-0.05, 0) is 28.1 Å². The van der Waals surface area contributed by atoms with Crippen LogP contribution in [0.2, 0.25) is 0 Å². The van der Waals surface area contributed by atoms with E-state index in [1.807, 2.05) is 18.2 Å². The van der Waals surface area contributed by atoms with Gasteiger partial charge in [-0.15, -0.1) is 6.58 Å². The molecule has 0 atom stereocenters. The molecular formula is C9H11BrN2. The minimum Gasteiger partial charge on any atom is -0.308 e. The van der Waals surface area contributed by atoms with Crippen LogP contribution in [0.1, 0.15) is 5.69 Å². The van der Waals surface area contributed by atoms with Gasteiger partial charge in [0.2, 0.25) is 0 Å². The van der Waals surface area contributed by atoms with Crippen LogP contribution in [0.3, 0.4) is 0 Å². The van der Waals surface area contributed by atoms with Crippen molar-refractivity contribution in [3.05, 3.63) is 41.2 Å². The fraction of sp³-hybridized carbons (Fsp3) is 0.222. The second-order valence-corrected chi connectivity index (χ2v) is 3.30. The molecule has 0 fully saturated rings. The number of nitrogens with one attached hydrogen (secondary N) is 1. The summed E-state index contributed by atoms with van der Waals surface area (Å²) in [6.45, 7) is 5.22. The molecule has 0 aliphatic carbocycles. The third kappa shape index (κ3) is 3.15. The minimum atomic E-state index is 0.791. The number of hydrogen-bond acceptors (Lipinski definition) is 2. The maximum Gasteiger partial charge on any atom is 0.0542 e. The molecule has 1 aromatic heterocycles. The second-order valence-electron chi connectivity index (χ2n) is 2.39. The summed E-state index contributed by atoms with van der Waals surface area (Å²) >= 11 is 3.33. The number of pyridine rings is 1. The summed E-state index contributed by atoms with van der Waals surface area (Å²) in [5.74, 6) is 0. The van der Waals surface area contributed by atoms with Crippen molar-refractivity contribution >= 4 is 15.9 Å². The predicted octanol–water partition coefficient (Wildman–Crippen LogP) is 2.12. The largest absolute Gasteiger partial charge is 0.308 e. The lowest BCUT2D eigenvalue weighted by atomic mass is 10.3. The SMILES string of the molecule is C=CCNCc1ccc(Br)cn1. The monoisotopic (exact) mass is 226 g/mol. The maximum atomic E-state index is 4.21. The van der Waals surface area contributed by atoms with Gasteiger partial charge >= 0.3 is 0 Å². The van der Waals surface area contributed by atoms with Crippen LogP contribution in [-0.2, 0) is 6.54 Å². The number of rotatable bonds is 4. The summed E-state index contributed by atoms with van der Waals surface area (Å²) in [6.07, 6.45) is 3.63. The highest BCUT2D eigenvalue weighted by molar-refractivity contribution is 9.10. The lowest BCUT2D eigenvalue weighted by Gasteiger charge is -2.00. The highest BCUT2D eigenvalue weighted by Crippen LogP contribution is 2.06. The molecule has 0 saturated carbocycles. The van der Waals surface area contributed by atoms with Crippen molar-refractivity contribution in [1.29, 1.82) is 0 Å². The van der Waals surface area contributed by atoms with Gasteiger partial charge in [-0.3, -0.25) is 4.98 Å². The molecule has 0 unspecified atom stereocenters. The molecular weight excluding hydrogens is 216 g/mol. The Bertz CT molecular complexity index is 243.